The molecule has 0 N–H and O–H groups in total. The summed E-state index contributed by atoms with van der Waals surface area (Å²) < 4.78 is 53.7. The number of benzene rings is 3. The molecule has 2 aromatic heterocycles. The second-order valence-electron chi connectivity index (χ2n) is 11.8. The van der Waals surface area contributed by atoms with Crippen LogP contribution >= 0.6 is 11.3 Å². The Hall–Kier alpha value is -2.52. The van der Waals surface area contributed by atoms with Gasteiger partial charge in [-0.1, -0.05) is 58.9 Å². The van der Waals surface area contributed by atoms with Gasteiger partial charge in [0.25, 0.3) is 0 Å². The zero-order valence-corrected chi connectivity index (χ0v) is 22.0. The van der Waals surface area contributed by atoms with Crippen molar-refractivity contribution in [1.29, 1.82) is 0 Å². The van der Waals surface area contributed by atoms with Crippen LogP contribution in [0.15, 0.2) is 42.6 Å². The van der Waals surface area contributed by atoms with Gasteiger partial charge in [-0.25, -0.2) is 4.98 Å². The lowest BCUT2D eigenvalue weighted by atomic mass is 9.70. The van der Waals surface area contributed by atoms with Crippen molar-refractivity contribution in [3.05, 3.63) is 58.7 Å². The van der Waals surface area contributed by atoms with E-state index in [2.05, 4.69) is 13.8 Å². The van der Waals surface area contributed by atoms with E-state index in [0.29, 0.717) is 28.9 Å². The summed E-state index contributed by atoms with van der Waals surface area (Å²) in [7, 11) is 0. The first kappa shape index (κ1) is 17.0. The first-order chi connectivity index (χ1) is 18.9. The van der Waals surface area contributed by atoms with Crippen LogP contribution in [-0.4, -0.2) is 9.97 Å². The molecule has 0 atom stereocenters. The molecule has 3 heteroatoms. The summed E-state index contributed by atoms with van der Waals surface area (Å²) in [5.41, 5.74) is 1.63. The highest BCUT2D eigenvalue weighted by atomic mass is 32.1. The number of rotatable bonds is 2. The smallest absolute Gasteiger partial charge is 0.0943 e. The van der Waals surface area contributed by atoms with E-state index in [-0.39, 0.29) is 11.0 Å². The minimum Gasteiger partial charge on any atom is -0.255 e. The molecule has 35 heavy (non-hydrogen) atoms. The SMILES string of the molecule is [2H]C([2H])([2H])c1cnc2c3ccccc3c3cc4nc(C([2H])([2H])C(C)(C)C)sc4cc3c2c1C1([2H])CCC(C)(C)CC1. The molecule has 1 aliphatic carbocycles. The molecule has 0 unspecified atom stereocenters. The highest BCUT2D eigenvalue weighted by Crippen LogP contribution is 2.47. The van der Waals surface area contributed by atoms with Gasteiger partial charge in [0.1, 0.15) is 0 Å². The fourth-order valence-corrected chi connectivity index (χ4v) is 6.62. The predicted molar refractivity (Wildman–Crippen MR) is 153 cm³/mol. The van der Waals surface area contributed by atoms with Crippen molar-refractivity contribution < 1.29 is 8.22 Å². The molecular formula is C32H36N2S. The number of thiazole rings is 1. The largest absolute Gasteiger partial charge is 0.255 e. The van der Waals surface area contributed by atoms with E-state index in [1.807, 2.05) is 57.2 Å². The molecule has 2 heterocycles. The van der Waals surface area contributed by atoms with E-state index in [1.54, 1.807) is 0 Å². The van der Waals surface area contributed by atoms with Gasteiger partial charge in [0.05, 0.1) is 20.7 Å². The molecule has 0 saturated heterocycles. The van der Waals surface area contributed by atoms with Crippen LogP contribution in [0.4, 0.5) is 0 Å². The Labute approximate surface area is 221 Å². The lowest BCUT2D eigenvalue weighted by Crippen LogP contribution is -2.21. The molecule has 1 saturated carbocycles. The Morgan fingerprint density at radius 1 is 1.09 bits per heavy atom. The maximum Gasteiger partial charge on any atom is 0.0943 e. The molecule has 1 fully saturated rings. The number of aromatic nitrogens is 2. The first-order valence-electron chi connectivity index (χ1n) is 15.5. The van der Waals surface area contributed by atoms with E-state index >= 15 is 0 Å². The van der Waals surface area contributed by atoms with E-state index in [0.717, 1.165) is 50.0 Å². The second kappa shape index (κ2) is 8.00. The molecule has 0 aliphatic heterocycles. The Morgan fingerprint density at radius 3 is 2.54 bits per heavy atom. The van der Waals surface area contributed by atoms with Gasteiger partial charge in [0.2, 0.25) is 0 Å². The summed E-state index contributed by atoms with van der Waals surface area (Å²) in [5, 5.41) is 4.82. The van der Waals surface area contributed by atoms with Crippen molar-refractivity contribution in [3.8, 4) is 0 Å². The van der Waals surface area contributed by atoms with Crippen LogP contribution in [0.3, 0.4) is 0 Å². The molecule has 180 valence electrons. The van der Waals surface area contributed by atoms with E-state index in [9.17, 15) is 1.37 Å². The minimum absolute atomic E-state index is 0.111. The number of hydrogen-bond donors (Lipinski definition) is 0. The third-order valence-electron chi connectivity index (χ3n) is 7.39. The Balaban J connectivity index is 1.78. The van der Waals surface area contributed by atoms with Crippen molar-refractivity contribution in [3.63, 3.8) is 0 Å². The van der Waals surface area contributed by atoms with Gasteiger partial charge in [-0.15, -0.1) is 11.3 Å². The molecule has 0 bridgehead atoms. The summed E-state index contributed by atoms with van der Waals surface area (Å²) in [6.07, 6.45) is 2.70. The number of nitrogens with zero attached hydrogens (tertiary/aromatic N) is 2. The number of fused-ring (bicyclic) bond motifs is 7. The summed E-state index contributed by atoms with van der Waals surface area (Å²) in [4.78, 5) is 9.57. The monoisotopic (exact) mass is 486 g/mol. The van der Waals surface area contributed by atoms with Crippen LogP contribution in [-0.2, 0) is 6.37 Å². The van der Waals surface area contributed by atoms with E-state index in [4.69, 9.17) is 16.8 Å². The highest BCUT2D eigenvalue weighted by Gasteiger charge is 2.30. The quantitative estimate of drug-likeness (QED) is 0.232. The molecule has 3 aromatic carbocycles. The minimum atomic E-state index is -2.42. The molecule has 1 aliphatic rings. The third kappa shape index (κ3) is 4.02. The van der Waals surface area contributed by atoms with Gasteiger partial charge in [-0.05, 0) is 88.7 Å². The van der Waals surface area contributed by atoms with Crippen molar-refractivity contribution in [2.24, 2.45) is 10.8 Å². The lowest BCUT2D eigenvalue weighted by Gasteiger charge is -2.35. The van der Waals surface area contributed by atoms with Crippen LogP contribution in [0.25, 0.3) is 42.7 Å². The van der Waals surface area contributed by atoms with Crippen LogP contribution in [0.2, 0.25) is 0 Å². The highest BCUT2D eigenvalue weighted by molar-refractivity contribution is 7.18. The number of aryl methyl sites for hydroxylation is 1. The summed E-state index contributed by atoms with van der Waals surface area (Å²) in [6.45, 7) is 7.66. The Bertz CT molecular complexity index is 1840. The van der Waals surface area contributed by atoms with Crippen molar-refractivity contribution >= 4 is 54.0 Å². The van der Waals surface area contributed by atoms with Crippen LogP contribution in [0.5, 0.6) is 0 Å². The van der Waals surface area contributed by atoms with Crippen LogP contribution in [0, 0.1) is 17.7 Å². The van der Waals surface area contributed by atoms with Gasteiger partial charge in [-0.3, -0.25) is 4.98 Å². The zero-order chi connectivity index (χ0) is 29.8. The fraction of sp³-hybridized carbons (Fsp3) is 0.438. The van der Waals surface area contributed by atoms with Crippen molar-refractivity contribution in [1.82, 2.24) is 9.97 Å². The van der Waals surface area contributed by atoms with Gasteiger partial charge in [-0.2, -0.15) is 0 Å². The fourth-order valence-electron chi connectivity index (χ4n) is 5.53. The Morgan fingerprint density at radius 2 is 1.83 bits per heavy atom. The van der Waals surface area contributed by atoms with Gasteiger partial charge < -0.3 is 0 Å². The van der Waals surface area contributed by atoms with Crippen molar-refractivity contribution in [2.75, 3.05) is 0 Å². The molecule has 0 amide bonds. The molecule has 0 radical (unpaired) electrons. The van der Waals surface area contributed by atoms with Gasteiger partial charge in [0.15, 0.2) is 0 Å². The molecule has 5 aromatic rings. The van der Waals surface area contributed by atoms with Gasteiger partial charge in [0, 0.05) is 31.6 Å². The van der Waals surface area contributed by atoms with E-state index in [1.165, 1.54) is 17.5 Å². The maximum atomic E-state index is 9.80. The normalized spacial score (nSPS) is 21.4. The average molecular weight is 487 g/mol. The van der Waals surface area contributed by atoms with Gasteiger partial charge >= 0.3 is 0 Å². The first-order valence-corrected chi connectivity index (χ1v) is 13.3. The van der Waals surface area contributed by atoms with E-state index < -0.39 is 24.5 Å². The maximum absolute atomic E-state index is 9.80. The molecule has 6 rings (SSSR count). The summed E-state index contributed by atoms with van der Waals surface area (Å²) >= 11 is 1.35. The average Bonchev–Trinajstić information content (AvgIpc) is 3.32. The summed E-state index contributed by atoms with van der Waals surface area (Å²) in [6, 6.07) is 12.0. The predicted octanol–water partition coefficient (Wildman–Crippen LogP) is 9.73. The molecule has 0 spiro atoms. The molecular weight excluding hydrogens is 444 g/mol. The molecule has 2 nitrogen and oxygen atoms in total. The second-order valence-corrected chi connectivity index (χ2v) is 12.9. The Kier molecular flexibility index (Phi) is 3.89. The summed E-state index contributed by atoms with van der Waals surface area (Å²) in [5.74, 6) is -1.06. The standard InChI is InChI=1S/C32H36N2S/c1-19-18-33-30-22-10-8-7-9-21(22)23-15-25-26(35-27(34-25)17-31(2,3)4)16-24(23)29(30)28(19)20-11-13-32(5,6)14-12-20/h7-10,15-16,18,20H,11-14,17H2,1-6H3/i1D3,17D2,20D. The zero-order valence-electron chi connectivity index (χ0n) is 27.2. The topological polar surface area (TPSA) is 25.8 Å². The lowest BCUT2D eigenvalue weighted by molar-refractivity contribution is 0.225. The van der Waals surface area contributed by atoms with Crippen molar-refractivity contribution in [2.45, 2.75) is 79.4 Å². The number of pyridine rings is 1. The number of hydrogen-bond acceptors (Lipinski definition) is 3. The third-order valence-corrected chi connectivity index (χ3v) is 8.32. The van der Waals surface area contributed by atoms with Crippen LogP contribution < -0.4 is 0 Å². The van der Waals surface area contributed by atoms with Crippen LogP contribution in [0.1, 0.15) is 90.6 Å².